The van der Waals surface area contributed by atoms with E-state index in [0.717, 1.165) is 35.8 Å². The van der Waals surface area contributed by atoms with E-state index >= 15 is 0 Å². The number of hydrogen-bond donors (Lipinski definition) is 2. The highest BCUT2D eigenvalue weighted by molar-refractivity contribution is 7.09. The molecule has 0 fully saturated rings. The third-order valence-electron chi connectivity index (χ3n) is 2.68. The van der Waals surface area contributed by atoms with Gasteiger partial charge in [0.25, 0.3) is 0 Å². The summed E-state index contributed by atoms with van der Waals surface area (Å²) in [5, 5.41) is 6.66. The number of thiazole rings is 1. The van der Waals surface area contributed by atoms with Crippen molar-refractivity contribution >= 4 is 11.3 Å². The first-order chi connectivity index (χ1) is 8.78. The lowest BCUT2D eigenvalue weighted by Gasteiger charge is -2.10. The Morgan fingerprint density at radius 1 is 1.56 bits per heavy atom. The summed E-state index contributed by atoms with van der Waals surface area (Å²) in [7, 11) is 0. The van der Waals surface area contributed by atoms with E-state index < -0.39 is 0 Å². The molecule has 0 saturated carbocycles. The van der Waals surface area contributed by atoms with Crippen molar-refractivity contribution in [2.24, 2.45) is 5.73 Å². The summed E-state index contributed by atoms with van der Waals surface area (Å²) in [5.41, 5.74) is 6.60. The molecule has 0 bridgehead atoms. The molecule has 0 spiro atoms. The van der Waals surface area contributed by atoms with Crippen molar-refractivity contribution in [2.75, 3.05) is 6.54 Å². The zero-order valence-electron chi connectivity index (χ0n) is 10.6. The highest BCUT2D eigenvalue weighted by atomic mass is 32.1. The van der Waals surface area contributed by atoms with Crippen LogP contribution in [-0.4, -0.2) is 17.6 Å². The second-order valence-electron chi connectivity index (χ2n) is 4.34. The third kappa shape index (κ3) is 3.94. The van der Waals surface area contributed by atoms with Crippen LogP contribution in [0.25, 0.3) is 0 Å². The van der Waals surface area contributed by atoms with Crippen LogP contribution in [0.2, 0.25) is 0 Å². The van der Waals surface area contributed by atoms with Crippen molar-refractivity contribution < 1.29 is 4.42 Å². The predicted molar refractivity (Wildman–Crippen MR) is 73.6 cm³/mol. The topological polar surface area (TPSA) is 64.1 Å². The summed E-state index contributed by atoms with van der Waals surface area (Å²) in [6.07, 6.45) is 3.47. The van der Waals surface area contributed by atoms with Gasteiger partial charge in [-0.05, 0) is 25.6 Å². The second kappa shape index (κ2) is 6.68. The van der Waals surface area contributed by atoms with Gasteiger partial charge in [0.15, 0.2) is 0 Å². The van der Waals surface area contributed by atoms with Gasteiger partial charge in [-0.2, -0.15) is 0 Å². The Labute approximate surface area is 111 Å². The van der Waals surface area contributed by atoms with Gasteiger partial charge in [-0.25, -0.2) is 4.98 Å². The summed E-state index contributed by atoms with van der Waals surface area (Å²) in [6.45, 7) is 3.61. The van der Waals surface area contributed by atoms with Crippen LogP contribution < -0.4 is 11.1 Å². The molecule has 0 aliphatic heterocycles. The summed E-state index contributed by atoms with van der Waals surface area (Å²) in [4.78, 5) is 4.52. The number of nitrogens with one attached hydrogen (secondary N) is 1. The summed E-state index contributed by atoms with van der Waals surface area (Å²) >= 11 is 1.68. The minimum Gasteiger partial charge on any atom is -0.469 e. The molecule has 0 aliphatic carbocycles. The van der Waals surface area contributed by atoms with E-state index in [1.807, 2.05) is 12.1 Å². The summed E-state index contributed by atoms with van der Waals surface area (Å²) in [6, 6.07) is 4.29. The zero-order valence-corrected chi connectivity index (χ0v) is 11.4. The summed E-state index contributed by atoms with van der Waals surface area (Å²) < 4.78 is 5.32. The number of nitrogens with zero attached hydrogens (tertiary/aromatic N) is 1. The molecule has 2 aromatic heterocycles. The molecule has 0 aromatic carbocycles. The molecule has 98 valence electrons. The van der Waals surface area contributed by atoms with Gasteiger partial charge >= 0.3 is 0 Å². The molecule has 2 aromatic rings. The molecular formula is C13H19N3OS. The van der Waals surface area contributed by atoms with Gasteiger partial charge in [-0.3, -0.25) is 0 Å². The van der Waals surface area contributed by atoms with E-state index in [2.05, 4.69) is 22.6 Å². The molecule has 0 radical (unpaired) electrons. The van der Waals surface area contributed by atoms with Gasteiger partial charge < -0.3 is 15.5 Å². The predicted octanol–water partition coefficient (Wildman–Crippen LogP) is 1.96. The fraction of sp³-hybridized carbons (Fsp3) is 0.462. The molecule has 0 amide bonds. The Hall–Kier alpha value is -1.17. The number of aromatic nitrogens is 1. The first kappa shape index (κ1) is 13.3. The lowest BCUT2D eigenvalue weighted by atomic mass is 10.2. The Morgan fingerprint density at radius 2 is 2.44 bits per heavy atom. The molecule has 2 heterocycles. The molecule has 1 atom stereocenters. The average molecular weight is 265 g/mol. The fourth-order valence-corrected chi connectivity index (χ4v) is 2.56. The zero-order chi connectivity index (χ0) is 12.8. The summed E-state index contributed by atoms with van der Waals surface area (Å²) in [5.74, 6) is 1.01. The number of furan rings is 1. The van der Waals surface area contributed by atoms with Crippen LogP contribution in [0.5, 0.6) is 0 Å². The first-order valence-electron chi connectivity index (χ1n) is 6.17. The van der Waals surface area contributed by atoms with E-state index in [9.17, 15) is 0 Å². The quantitative estimate of drug-likeness (QED) is 0.803. The van der Waals surface area contributed by atoms with Crippen LogP contribution in [0.4, 0.5) is 0 Å². The van der Waals surface area contributed by atoms with Gasteiger partial charge in [-0.1, -0.05) is 0 Å². The minimum absolute atomic E-state index is 0.371. The standard InChI is InChI=1S/C13H19N3OS/c1-10(7-12-3-2-6-17-12)15-8-11-9-18-13(16-11)4-5-14/h2-3,6,9-10,15H,4-5,7-8,14H2,1H3. The molecule has 4 nitrogen and oxygen atoms in total. The third-order valence-corrected chi connectivity index (χ3v) is 3.63. The average Bonchev–Trinajstić information content (AvgIpc) is 2.99. The van der Waals surface area contributed by atoms with Crippen LogP contribution >= 0.6 is 11.3 Å². The smallest absolute Gasteiger partial charge is 0.105 e. The lowest BCUT2D eigenvalue weighted by Crippen LogP contribution is -2.27. The van der Waals surface area contributed by atoms with E-state index in [4.69, 9.17) is 10.2 Å². The lowest BCUT2D eigenvalue weighted by molar-refractivity contribution is 0.455. The van der Waals surface area contributed by atoms with Crippen LogP contribution in [0, 0.1) is 0 Å². The Morgan fingerprint density at radius 3 is 3.17 bits per heavy atom. The fourth-order valence-electron chi connectivity index (χ4n) is 1.75. The van der Waals surface area contributed by atoms with Gasteiger partial charge in [0.1, 0.15) is 5.76 Å². The normalized spacial score (nSPS) is 12.8. The molecule has 0 saturated heterocycles. The van der Waals surface area contributed by atoms with E-state index in [1.54, 1.807) is 17.6 Å². The van der Waals surface area contributed by atoms with E-state index in [-0.39, 0.29) is 0 Å². The van der Waals surface area contributed by atoms with Crippen LogP contribution in [-0.2, 0) is 19.4 Å². The van der Waals surface area contributed by atoms with Crippen molar-refractivity contribution in [1.29, 1.82) is 0 Å². The molecule has 3 N–H and O–H groups in total. The van der Waals surface area contributed by atoms with Crippen molar-refractivity contribution in [3.63, 3.8) is 0 Å². The van der Waals surface area contributed by atoms with Crippen LogP contribution in [0.15, 0.2) is 28.2 Å². The molecular weight excluding hydrogens is 246 g/mol. The van der Waals surface area contributed by atoms with Crippen LogP contribution in [0.1, 0.15) is 23.4 Å². The van der Waals surface area contributed by atoms with Crippen molar-refractivity contribution in [3.05, 3.63) is 40.2 Å². The van der Waals surface area contributed by atoms with Gasteiger partial charge in [-0.15, -0.1) is 11.3 Å². The monoisotopic (exact) mass is 265 g/mol. The molecule has 1 unspecified atom stereocenters. The molecule has 0 aliphatic rings. The number of nitrogens with two attached hydrogens (primary N) is 1. The van der Waals surface area contributed by atoms with Gasteiger partial charge in [0.2, 0.25) is 0 Å². The highest BCUT2D eigenvalue weighted by Crippen LogP contribution is 2.10. The largest absolute Gasteiger partial charge is 0.469 e. The number of hydrogen-bond acceptors (Lipinski definition) is 5. The molecule has 5 heteroatoms. The Balaban J connectivity index is 1.76. The maximum absolute atomic E-state index is 5.51. The van der Waals surface area contributed by atoms with E-state index in [0.29, 0.717) is 12.6 Å². The Bertz CT molecular complexity index is 453. The highest BCUT2D eigenvalue weighted by Gasteiger charge is 2.07. The maximum Gasteiger partial charge on any atom is 0.105 e. The first-order valence-corrected chi connectivity index (χ1v) is 7.05. The van der Waals surface area contributed by atoms with Crippen molar-refractivity contribution in [1.82, 2.24) is 10.3 Å². The SMILES string of the molecule is CC(Cc1ccco1)NCc1csc(CCN)n1. The van der Waals surface area contributed by atoms with Crippen molar-refractivity contribution in [3.8, 4) is 0 Å². The maximum atomic E-state index is 5.51. The van der Waals surface area contributed by atoms with E-state index in [1.165, 1.54) is 0 Å². The van der Waals surface area contributed by atoms with Crippen molar-refractivity contribution in [2.45, 2.75) is 32.4 Å². The molecule has 18 heavy (non-hydrogen) atoms. The second-order valence-corrected chi connectivity index (χ2v) is 5.28. The molecule has 2 rings (SSSR count). The Kier molecular flexibility index (Phi) is 4.92. The van der Waals surface area contributed by atoms with Crippen LogP contribution in [0.3, 0.4) is 0 Å². The van der Waals surface area contributed by atoms with Gasteiger partial charge in [0.05, 0.1) is 17.0 Å². The number of rotatable bonds is 7. The van der Waals surface area contributed by atoms with Gasteiger partial charge in [0, 0.05) is 30.8 Å². The minimum atomic E-state index is 0.371.